The first-order chi connectivity index (χ1) is 8.14. The summed E-state index contributed by atoms with van der Waals surface area (Å²) < 4.78 is 37.8. The number of hydrogen-bond acceptors (Lipinski definition) is 2. The molecule has 1 aliphatic rings. The zero-order valence-electron chi connectivity index (χ0n) is 11.8. The average molecular weight is 266 g/mol. The Morgan fingerprint density at radius 3 is 2.28 bits per heavy atom. The van der Waals surface area contributed by atoms with Gasteiger partial charge in [-0.05, 0) is 24.9 Å². The minimum Gasteiger partial charge on any atom is -0.312 e. The number of halogens is 3. The van der Waals surface area contributed by atoms with E-state index in [9.17, 15) is 13.2 Å². The Morgan fingerprint density at radius 1 is 1.28 bits per heavy atom. The Kier molecular flexibility index (Phi) is 5.06. The summed E-state index contributed by atoms with van der Waals surface area (Å²) in [6.45, 7) is 10.7. The summed E-state index contributed by atoms with van der Waals surface area (Å²) in [6.07, 6.45) is -3.79. The molecule has 0 amide bonds. The summed E-state index contributed by atoms with van der Waals surface area (Å²) in [7, 11) is 0. The lowest BCUT2D eigenvalue weighted by atomic mass is 9.86. The van der Waals surface area contributed by atoms with Crippen LogP contribution in [0.4, 0.5) is 13.2 Å². The van der Waals surface area contributed by atoms with E-state index in [4.69, 9.17) is 0 Å². The highest BCUT2D eigenvalue weighted by Crippen LogP contribution is 2.34. The molecule has 1 saturated heterocycles. The highest BCUT2D eigenvalue weighted by atomic mass is 19.4. The minimum atomic E-state index is -4.04. The second kappa shape index (κ2) is 5.78. The summed E-state index contributed by atoms with van der Waals surface area (Å²) >= 11 is 0. The van der Waals surface area contributed by atoms with Crippen molar-refractivity contribution in [2.75, 3.05) is 26.2 Å². The fourth-order valence-electron chi connectivity index (χ4n) is 2.41. The van der Waals surface area contributed by atoms with Crippen LogP contribution in [-0.4, -0.2) is 43.3 Å². The fourth-order valence-corrected chi connectivity index (χ4v) is 2.41. The molecular weight excluding hydrogens is 241 g/mol. The summed E-state index contributed by atoms with van der Waals surface area (Å²) in [5, 5.41) is 3.38. The summed E-state index contributed by atoms with van der Waals surface area (Å²) in [6, 6.07) is 0.231. The number of rotatable bonds is 4. The van der Waals surface area contributed by atoms with E-state index >= 15 is 0 Å². The second-order valence-corrected chi connectivity index (χ2v) is 6.26. The molecule has 0 aromatic rings. The molecule has 0 radical (unpaired) electrons. The van der Waals surface area contributed by atoms with Crippen molar-refractivity contribution < 1.29 is 13.2 Å². The number of nitrogens with one attached hydrogen (secondary N) is 1. The first-order valence-electron chi connectivity index (χ1n) is 6.67. The molecule has 0 spiro atoms. The van der Waals surface area contributed by atoms with Gasteiger partial charge in [0.15, 0.2) is 0 Å². The average Bonchev–Trinajstić information content (AvgIpc) is 2.63. The molecule has 0 saturated carbocycles. The van der Waals surface area contributed by atoms with Crippen molar-refractivity contribution in [1.82, 2.24) is 10.2 Å². The van der Waals surface area contributed by atoms with Crippen LogP contribution in [0.25, 0.3) is 0 Å². The van der Waals surface area contributed by atoms with Crippen molar-refractivity contribution in [2.45, 2.75) is 46.3 Å². The zero-order valence-corrected chi connectivity index (χ0v) is 11.8. The molecule has 18 heavy (non-hydrogen) atoms. The monoisotopic (exact) mass is 266 g/mol. The van der Waals surface area contributed by atoms with Crippen molar-refractivity contribution >= 4 is 0 Å². The molecule has 1 rings (SSSR count). The van der Waals surface area contributed by atoms with Gasteiger partial charge < -0.3 is 10.2 Å². The highest BCUT2D eigenvalue weighted by Gasteiger charge is 2.44. The molecule has 1 fully saturated rings. The molecule has 108 valence electrons. The van der Waals surface area contributed by atoms with Gasteiger partial charge in [0, 0.05) is 19.1 Å². The number of nitrogens with zero attached hydrogens (tertiary/aromatic N) is 1. The van der Waals surface area contributed by atoms with Crippen LogP contribution in [0.5, 0.6) is 0 Å². The van der Waals surface area contributed by atoms with E-state index in [1.165, 1.54) is 0 Å². The molecular formula is C13H25F3N2. The Labute approximate surface area is 108 Å². The second-order valence-electron chi connectivity index (χ2n) is 6.26. The normalized spacial score (nSPS) is 24.5. The van der Waals surface area contributed by atoms with Gasteiger partial charge in [-0.15, -0.1) is 0 Å². The van der Waals surface area contributed by atoms with Gasteiger partial charge in [-0.3, -0.25) is 0 Å². The van der Waals surface area contributed by atoms with Crippen molar-refractivity contribution in [3.05, 3.63) is 0 Å². The molecule has 1 N–H and O–H groups in total. The zero-order chi connectivity index (χ0) is 14.0. The van der Waals surface area contributed by atoms with Crippen LogP contribution in [-0.2, 0) is 0 Å². The first-order valence-corrected chi connectivity index (χ1v) is 6.67. The van der Waals surface area contributed by atoms with Gasteiger partial charge in [0.05, 0.1) is 5.92 Å². The van der Waals surface area contributed by atoms with Gasteiger partial charge in [0.2, 0.25) is 0 Å². The van der Waals surface area contributed by atoms with Crippen molar-refractivity contribution in [3.8, 4) is 0 Å². The highest BCUT2D eigenvalue weighted by molar-refractivity contribution is 4.87. The summed E-state index contributed by atoms with van der Waals surface area (Å²) in [5.41, 5.74) is 0.0618. The maximum absolute atomic E-state index is 12.6. The molecule has 0 aromatic heterocycles. The third-order valence-corrected chi connectivity index (χ3v) is 3.67. The Bertz CT molecular complexity index is 258. The predicted octanol–water partition coefficient (Wildman–Crippen LogP) is 2.89. The van der Waals surface area contributed by atoms with Crippen LogP contribution in [0.1, 0.15) is 34.1 Å². The lowest BCUT2D eigenvalue weighted by Crippen LogP contribution is -2.48. The number of hydrogen-bond donors (Lipinski definition) is 1. The quantitative estimate of drug-likeness (QED) is 0.841. The maximum atomic E-state index is 12.6. The van der Waals surface area contributed by atoms with Crippen LogP contribution in [0.3, 0.4) is 0 Å². The number of alkyl halides is 3. The van der Waals surface area contributed by atoms with Crippen LogP contribution in [0.15, 0.2) is 0 Å². The Hall–Kier alpha value is -0.290. The van der Waals surface area contributed by atoms with Gasteiger partial charge in [-0.2, -0.15) is 13.2 Å². The molecule has 0 bridgehead atoms. The van der Waals surface area contributed by atoms with Gasteiger partial charge >= 0.3 is 6.18 Å². The SMILES string of the molecule is CCNC(CN1CCC(C(F)(F)F)C1)C(C)(C)C. The van der Waals surface area contributed by atoms with Crippen molar-refractivity contribution in [1.29, 1.82) is 0 Å². The van der Waals surface area contributed by atoms with E-state index < -0.39 is 12.1 Å². The van der Waals surface area contributed by atoms with Gasteiger partial charge in [-0.25, -0.2) is 0 Å². The van der Waals surface area contributed by atoms with Crippen molar-refractivity contribution in [3.63, 3.8) is 0 Å². The van der Waals surface area contributed by atoms with E-state index in [-0.39, 0.29) is 24.4 Å². The third-order valence-electron chi connectivity index (χ3n) is 3.67. The Balaban J connectivity index is 2.52. The van der Waals surface area contributed by atoms with E-state index in [1.54, 1.807) is 0 Å². The van der Waals surface area contributed by atoms with E-state index in [1.807, 2.05) is 11.8 Å². The molecule has 2 unspecified atom stereocenters. The van der Waals surface area contributed by atoms with Crippen LogP contribution in [0.2, 0.25) is 0 Å². The molecule has 0 aliphatic carbocycles. The topological polar surface area (TPSA) is 15.3 Å². The molecule has 1 heterocycles. The summed E-state index contributed by atoms with van der Waals surface area (Å²) in [5.74, 6) is -1.14. The number of likely N-dealkylation sites (tertiary alicyclic amines) is 1. The van der Waals surface area contributed by atoms with Crippen LogP contribution >= 0.6 is 0 Å². The van der Waals surface area contributed by atoms with Gasteiger partial charge in [0.25, 0.3) is 0 Å². The molecule has 2 atom stereocenters. The standard InChI is InChI=1S/C13H25F3N2/c1-5-17-11(12(2,3)4)9-18-7-6-10(8-18)13(14,15)16/h10-11,17H,5-9H2,1-4H3. The maximum Gasteiger partial charge on any atom is 0.393 e. The number of likely N-dealkylation sites (N-methyl/N-ethyl adjacent to an activating group) is 1. The smallest absolute Gasteiger partial charge is 0.312 e. The first kappa shape index (κ1) is 15.8. The fraction of sp³-hybridized carbons (Fsp3) is 1.00. The Morgan fingerprint density at radius 2 is 1.89 bits per heavy atom. The third kappa shape index (κ3) is 4.43. The van der Waals surface area contributed by atoms with E-state index in [2.05, 4.69) is 26.1 Å². The minimum absolute atomic E-state index is 0.0618. The van der Waals surface area contributed by atoms with E-state index in [0.29, 0.717) is 13.1 Å². The molecule has 5 heteroatoms. The summed E-state index contributed by atoms with van der Waals surface area (Å²) in [4.78, 5) is 1.94. The molecule has 2 nitrogen and oxygen atoms in total. The largest absolute Gasteiger partial charge is 0.393 e. The molecule has 0 aromatic carbocycles. The predicted molar refractivity (Wildman–Crippen MR) is 67.5 cm³/mol. The molecule has 1 aliphatic heterocycles. The lowest BCUT2D eigenvalue weighted by molar-refractivity contribution is -0.170. The lowest BCUT2D eigenvalue weighted by Gasteiger charge is -2.34. The van der Waals surface area contributed by atoms with Crippen LogP contribution in [0, 0.1) is 11.3 Å². The van der Waals surface area contributed by atoms with Gasteiger partial charge in [0.1, 0.15) is 0 Å². The van der Waals surface area contributed by atoms with Crippen molar-refractivity contribution in [2.24, 2.45) is 11.3 Å². The van der Waals surface area contributed by atoms with Crippen LogP contribution < -0.4 is 5.32 Å². The van der Waals surface area contributed by atoms with E-state index in [0.717, 1.165) is 6.54 Å². The van der Waals surface area contributed by atoms with Gasteiger partial charge in [-0.1, -0.05) is 27.7 Å².